The number of carboxylic acid groups (broad SMARTS) is 1. The van der Waals surface area contributed by atoms with Crippen LogP contribution in [0.15, 0.2) is 106 Å². The van der Waals surface area contributed by atoms with Crippen LogP contribution >= 0.6 is 0 Å². The predicted molar refractivity (Wildman–Crippen MR) is 185 cm³/mol. The summed E-state index contributed by atoms with van der Waals surface area (Å²) in [7, 11) is 0. The Hall–Kier alpha value is -6.62. The van der Waals surface area contributed by atoms with Crippen LogP contribution in [0.5, 0.6) is 11.5 Å². The quantitative estimate of drug-likeness (QED) is 0.0819. The van der Waals surface area contributed by atoms with Gasteiger partial charge in [-0.15, -0.1) is 0 Å². The Balaban J connectivity index is 1.00. The lowest BCUT2D eigenvalue weighted by Crippen LogP contribution is -2.32. The van der Waals surface area contributed by atoms with Gasteiger partial charge in [0.1, 0.15) is 22.8 Å². The molecule has 0 radical (unpaired) electrons. The first-order valence-electron chi connectivity index (χ1n) is 15.5. The molecular weight excluding hydrogens is 626 g/mol. The van der Waals surface area contributed by atoms with Crippen molar-refractivity contribution < 1.29 is 33.8 Å². The van der Waals surface area contributed by atoms with Crippen molar-refractivity contribution in [2.24, 2.45) is 0 Å². The first-order chi connectivity index (χ1) is 23.7. The van der Waals surface area contributed by atoms with E-state index in [1.54, 1.807) is 12.1 Å². The number of amides is 2. The highest BCUT2D eigenvalue weighted by atomic mass is 16.5. The molecule has 5 N–H and O–H groups in total. The summed E-state index contributed by atoms with van der Waals surface area (Å²) in [6.07, 6.45) is 0.592. The fraction of sp³-hybridized carbons (Fsp3) is 0.105. The summed E-state index contributed by atoms with van der Waals surface area (Å²) in [5.41, 5.74) is 3.36. The molecular formula is C38H29N3O8. The molecule has 0 atom stereocenters. The monoisotopic (exact) mass is 655 g/mol. The van der Waals surface area contributed by atoms with Gasteiger partial charge in [-0.05, 0) is 72.6 Å². The number of aromatic amines is 1. The highest BCUT2D eigenvalue weighted by molar-refractivity contribution is 6.09. The summed E-state index contributed by atoms with van der Waals surface area (Å²) < 4.78 is 11.7. The SMILES string of the molecule is O=C(CCCOc1ccc2c(c1)[nH]c1ccccc12)NCC(=O)Nc1ccc(C(=O)O)c(-c2c3ccc(=O)cc-3oc3cc(O)ccc23)c1. The second-order valence-electron chi connectivity index (χ2n) is 11.5. The maximum atomic E-state index is 12.8. The van der Waals surface area contributed by atoms with Crippen molar-refractivity contribution in [1.82, 2.24) is 10.3 Å². The second kappa shape index (κ2) is 12.9. The van der Waals surface area contributed by atoms with E-state index in [0.717, 1.165) is 21.8 Å². The molecule has 7 rings (SSSR count). The number of para-hydroxylation sites is 1. The van der Waals surface area contributed by atoms with E-state index in [0.29, 0.717) is 41.0 Å². The molecule has 0 bridgehead atoms. The topological polar surface area (TPSA) is 171 Å². The summed E-state index contributed by atoms with van der Waals surface area (Å²) in [4.78, 5) is 53.1. The number of hydrogen-bond donors (Lipinski definition) is 5. The number of carbonyl (C=O) groups excluding carboxylic acids is 2. The number of ether oxygens (including phenoxy) is 1. The molecule has 11 heteroatoms. The zero-order valence-electron chi connectivity index (χ0n) is 25.9. The summed E-state index contributed by atoms with van der Waals surface area (Å²) in [6, 6.07) is 26.8. The Morgan fingerprint density at radius 2 is 1.61 bits per heavy atom. The van der Waals surface area contributed by atoms with Gasteiger partial charge in [0, 0.05) is 63.1 Å². The molecule has 4 aromatic carbocycles. The van der Waals surface area contributed by atoms with Gasteiger partial charge in [0.2, 0.25) is 11.8 Å². The number of carboxylic acids is 1. The fourth-order valence-corrected chi connectivity index (χ4v) is 5.98. The summed E-state index contributed by atoms with van der Waals surface area (Å²) >= 11 is 0. The molecule has 244 valence electrons. The number of fused-ring (bicyclic) bond motifs is 5. The minimum Gasteiger partial charge on any atom is -0.508 e. The number of phenolic OH excluding ortho intramolecular Hbond substituents is 1. The van der Waals surface area contributed by atoms with Gasteiger partial charge in [0.05, 0.1) is 24.2 Å². The zero-order chi connectivity index (χ0) is 34.1. The third-order valence-electron chi connectivity index (χ3n) is 8.22. The molecule has 0 saturated carbocycles. The molecule has 2 heterocycles. The van der Waals surface area contributed by atoms with Crippen molar-refractivity contribution >= 4 is 56.2 Å². The fourth-order valence-electron chi connectivity index (χ4n) is 5.98. The van der Waals surface area contributed by atoms with Gasteiger partial charge in [0.15, 0.2) is 5.43 Å². The smallest absolute Gasteiger partial charge is 0.336 e. The average molecular weight is 656 g/mol. The minimum absolute atomic E-state index is 0.0529. The molecule has 49 heavy (non-hydrogen) atoms. The first kappa shape index (κ1) is 31.0. The van der Waals surface area contributed by atoms with Crippen molar-refractivity contribution in [3.63, 3.8) is 0 Å². The molecule has 5 aromatic rings. The van der Waals surface area contributed by atoms with E-state index < -0.39 is 11.9 Å². The lowest BCUT2D eigenvalue weighted by molar-refractivity contribution is -0.124. The molecule has 0 spiro atoms. The van der Waals surface area contributed by atoms with Gasteiger partial charge >= 0.3 is 5.97 Å². The number of H-pyrrole nitrogens is 1. The molecule has 2 amide bonds. The Labute approximate surface area is 278 Å². The number of carbonyl (C=O) groups is 3. The van der Waals surface area contributed by atoms with Gasteiger partial charge in [0.25, 0.3) is 0 Å². The third kappa shape index (κ3) is 6.37. The van der Waals surface area contributed by atoms with Crippen LogP contribution in [0.1, 0.15) is 23.2 Å². The minimum atomic E-state index is -1.20. The van der Waals surface area contributed by atoms with Crippen LogP contribution in [0.4, 0.5) is 5.69 Å². The normalized spacial score (nSPS) is 11.3. The third-order valence-corrected chi connectivity index (χ3v) is 8.22. The van der Waals surface area contributed by atoms with Crippen molar-refractivity contribution in [2.45, 2.75) is 12.8 Å². The molecule has 0 saturated heterocycles. The predicted octanol–water partition coefficient (Wildman–Crippen LogP) is 6.52. The van der Waals surface area contributed by atoms with Crippen LogP contribution in [-0.4, -0.2) is 46.1 Å². The van der Waals surface area contributed by atoms with Crippen molar-refractivity contribution in [3.05, 3.63) is 113 Å². The Morgan fingerprint density at radius 3 is 2.47 bits per heavy atom. The molecule has 1 aliphatic carbocycles. The number of aromatic hydroxyl groups is 1. The van der Waals surface area contributed by atoms with Gasteiger partial charge < -0.3 is 35.0 Å². The van der Waals surface area contributed by atoms with E-state index in [4.69, 9.17) is 9.15 Å². The van der Waals surface area contributed by atoms with Gasteiger partial charge in [-0.2, -0.15) is 0 Å². The van der Waals surface area contributed by atoms with E-state index in [-0.39, 0.29) is 52.5 Å². The van der Waals surface area contributed by atoms with Crippen molar-refractivity contribution in [2.75, 3.05) is 18.5 Å². The number of nitrogens with one attached hydrogen (secondary N) is 3. The van der Waals surface area contributed by atoms with Crippen LogP contribution in [0.3, 0.4) is 0 Å². The number of hydrogen-bond acceptors (Lipinski definition) is 7. The van der Waals surface area contributed by atoms with Crippen LogP contribution in [0, 0.1) is 0 Å². The summed E-state index contributed by atoms with van der Waals surface area (Å²) in [5.74, 6) is -1.22. The number of aromatic carboxylic acids is 1. The maximum Gasteiger partial charge on any atom is 0.336 e. The summed E-state index contributed by atoms with van der Waals surface area (Å²) in [6.45, 7) is 0.0182. The Bertz CT molecular complexity index is 2440. The molecule has 11 nitrogen and oxygen atoms in total. The average Bonchev–Trinajstić information content (AvgIpc) is 3.46. The van der Waals surface area contributed by atoms with Crippen LogP contribution in [-0.2, 0) is 9.59 Å². The highest BCUT2D eigenvalue weighted by Crippen LogP contribution is 2.42. The standard InChI is InChI=1S/C38H29N3O8/c42-22-8-12-28-33(17-22)49-34-18-23(43)9-13-29(34)37(28)30-16-21(7-11-27(30)38(46)47)40-36(45)20-39-35(44)6-3-15-48-24-10-14-26-25-4-1-2-5-31(25)41-32(26)19-24/h1-2,4-5,7-14,16-19,41-42H,3,6,15,20H2,(H,39,44)(H,40,45)(H,46,47). The Morgan fingerprint density at radius 1 is 0.796 bits per heavy atom. The maximum absolute atomic E-state index is 12.8. The molecule has 0 unspecified atom stereocenters. The molecule has 2 aliphatic rings. The number of aromatic nitrogens is 1. The summed E-state index contributed by atoms with van der Waals surface area (Å²) in [5, 5.41) is 28.1. The van der Waals surface area contributed by atoms with Crippen molar-refractivity contribution in [3.8, 4) is 33.9 Å². The Kier molecular flexibility index (Phi) is 8.15. The van der Waals surface area contributed by atoms with Crippen LogP contribution < -0.4 is 20.8 Å². The van der Waals surface area contributed by atoms with Crippen molar-refractivity contribution in [1.29, 1.82) is 0 Å². The lowest BCUT2D eigenvalue weighted by atomic mass is 9.90. The van der Waals surface area contributed by atoms with Gasteiger partial charge in [-0.1, -0.05) is 18.2 Å². The number of anilines is 1. The molecule has 1 aromatic heterocycles. The van der Waals surface area contributed by atoms with E-state index in [1.807, 2.05) is 36.4 Å². The highest BCUT2D eigenvalue weighted by Gasteiger charge is 2.23. The van der Waals surface area contributed by atoms with Crippen LogP contribution in [0.2, 0.25) is 0 Å². The van der Waals surface area contributed by atoms with E-state index in [2.05, 4.69) is 21.7 Å². The number of rotatable bonds is 10. The first-order valence-corrected chi connectivity index (χ1v) is 15.5. The van der Waals surface area contributed by atoms with E-state index >= 15 is 0 Å². The molecule has 0 fully saturated rings. The van der Waals surface area contributed by atoms with E-state index in [9.17, 15) is 29.4 Å². The van der Waals surface area contributed by atoms with Crippen LogP contribution in [0.25, 0.3) is 55.2 Å². The second-order valence-corrected chi connectivity index (χ2v) is 11.5. The number of benzene rings is 5. The zero-order valence-corrected chi connectivity index (χ0v) is 25.9. The number of phenols is 1. The molecule has 1 aliphatic heterocycles. The van der Waals surface area contributed by atoms with Gasteiger partial charge in [-0.3, -0.25) is 14.4 Å². The lowest BCUT2D eigenvalue weighted by Gasteiger charge is -2.18. The largest absolute Gasteiger partial charge is 0.508 e. The van der Waals surface area contributed by atoms with E-state index in [1.165, 1.54) is 42.5 Å². The van der Waals surface area contributed by atoms with Gasteiger partial charge in [-0.25, -0.2) is 4.79 Å².